The summed E-state index contributed by atoms with van der Waals surface area (Å²) in [4.78, 5) is 7.08. The lowest BCUT2D eigenvalue weighted by molar-refractivity contribution is 1.01. The summed E-state index contributed by atoms with van der Waals surface area (Å²) in [6.45, 7) is 16.4. The Balaban J connectivity index is 0.000000107. The number of fused-ring (bicyclic) bond motifs is 12. The number of nitriles is 1. The first-order valence-corrected chi connectivity index (χ1v) is 20.7. The summed E-state index contributed by atoms with van der Waals surface area (Å²) >= 11 is 0. The van der Waals surface area contributed by atoms with Gasteiger partial charge in [0.1, 0.15) is 0 Å². The third kappa shape index (κ3) is 6.87. The van der Waals surface area contributed by atoms with Crippen LogP contribution in [0.25, 0.3) is 96.9 Å². The summed E-state index contributed by atoms with van der Waals surface area (Å²) in [6.07, 6.45) is 0. The van der Waals surface area contributed by atoms with Crippen molar-refractivity contribution in [2.45, 2.75) is 6.92 Å². The van der Waals surface area contributed by atoms with Gasteiger partial charge in [-0.3, -0.25) is 0 Å². The minimum absolute atomic E-state index is 0.698. The van der Waals surface area contributed by atoms with Crippen LogP contribution in [0.4, 0.5) is 11.4 Å². The van der Waals surface area contributed by atoms with Gasteiger partial charge in [0.25, 0.3) is 0 Å². The Morgan fingerprint density at radius 1 is 0.413 bits per heavy atom. The molecule has 0 amide bonds. The van der Waals surface area contributed by atoms with E-state index in [1.165, 1.54) is 65.6 Å². The van der Waals surface area contributed by atoms with Gasteiger partial charge in [-0.1, -0.05) is 115 Å². The van der Waals surface area contributed by atoms with Gasteiger partial charge in [0, 0.05) is 93.6 Å². The van der Waals surface area contributed by atoms with Crippen LogP contribution in [0.2, 0.25) is 0 Å². The van der Waals surface area contributed by atoms with Gasteiger partial charge in [0.2, 0.25) is 0 Å². The monoisotopic (exact) mass is 813 g/mol. The third-order valence-electron chi connectivity index (χ3n) is 12.2. The van der Waals surface area contributed by atoms with Crippen molar-refractivity contribution in [2.75, 3.05) is 0 Å². The fraction of sp³-hybridized carbons (Fsp3) is 0.0893. The highest BCUT2D eigenvalue weighted by Crippen LogP contribution is 2.35. The van der Waals surface area contributed by atoms with Crippen molar-refractivity contribution in [3.63, 3.8) is 0 Å². The van der Waals surface area contributed by atoms with Gasteiger partial charge in [0.05, 0.1) is 35.8 Å². The highest BCUT2D eigenvalue weighted by Gasteiger charge is 2.12. The van der Waals surface area contributed by atoms with E-state index in [2.05, 4.69) is 140 Å². The van der Waals surface area contributed by atoms with Crippen LogP contribution in [0.1, 0.15) is 11.1 Å². The van der Waals surface area contributed by atoms with Gasteiger partial charge in [-0.2, -0.15) is 5.26 Å². The molecule has 8 aromatic carbocycles. The fourth-order valence-electron chi connectivity index (χ4n) is 9.18. The van der Waals surface area contributed by atoms with Crippen molar-refractivity contribution < 1.29 is 0 Å². The minimum Gasteiger partial charge on any atom is -0.345 e. The summed E-state index contributed by atoms with van der Waals surface area (Å²) in [7, 11) is 8.27. The summed E-state index contributed by atoms with van der Waals surface area (Å²) in [5.41, 5.74) is 13.1. The normalized spacial score (nSPS) is 10.9. The topological polar surface area (TPSA) is 52.2 Å². The van der Waals surface area contributed by atoms with Crippen LogP contribution in [0.3, 0.4) is 0 Å². The molecule has 0 atom stereocenters. The van der Waals surface area contributed by atoms with E-state index in [1.54, 1.807) is 0 Å². The van der Waals surface area contributed by atoms with Crippen molar-refractivity contribution in [1.82, 2.24) is 18.3 Å². The number of rotatable bonds is 0. The van der Waals surface area contributed by atoms with Crippen LogP contribution in [-0.4, -0.2) is 18.3 Å². The molecular formula is C56H43N7. The standard InChI is InChI=1S/3C14H10N2.C14H13N/c1-15-11-7-5-9-13-14(11)10-6-3-4-8-12(10)16(13)2;1-15-10-7-8-14-12(9-10)11-5-3-4-6-13(11)16(14)2;1-16-13-5-3-2-4-11(13)12-7-6-10(9-15)8-14(12)16;1-10-6-5-8-12-11-7-3-4-9-13(11)15(2)14(10)12/h2*3-9H,2H3;2-8H,1H3;3-9H,1-2H3. The number of hydrogen-bond donors (Lipinski definition) is 0. The van der Waals surface area contributed by atoms with E-state index in [0.717, 1.165) is 32.9 Å². The van der Waals surface area contributed by atoms with Gasteiger partial charge in [-0.05, 0) is 77.9 Å². The van der Waals surface area contributed by atoms with Gasteiger partial charge in [-0.25, -0.2) is 9.69 Å². The lowest BCUT2D eigenvalue weighted by atomic mass is 10.1. The number of aromatic nitrogens is 4. The molecule has 12 aromatic rings. The second-order valence-electron chi connectivity index (χ2n) is 15.7. The van der Waals surface area contributed by atoms with Crippen molar-refractivity contribution in [3.8, 4) is 6.07 Å². The van der Waals surface area contributed by atoms with Crippen molar-refractivity contribution in [2.24, 2.45) is 28.2 Å². The Labute approximate surface area is 365 Å². The first-order valence-electron chi connectivity index (χ1n) is 20.7. The first-order chi connectivity index (χ1) is 30.7. The van der Waals surface area contributed by atoms with E-state index in [4.69, 9.17) is 18.4 Å². The number of para-hydroxylation sites is 5. The average Bonchev–Trinajstić information content (AvgIpc) is 4.01. The van der Waals surface area contributed by atoms with E-state index < -0.39 is 0 Å². The summed E-state index contributed by atoms with van der Waals surface area (Å²) < 4.78 is 8.71. The lowest BCUT2D eigenvalue weighted by Gasteiger charge is -2.00. The van der Waals surface area contributed by atoms with Crippen LogP contribution >= 0.6 is 0 Å². The predicted octanol–water partition coefficient (Wildman–Crippen LogP) is 14.6. The Hall–Kier alpha value is -8.57. The molecule has 63 heavy (non-hydrogen) atoms. The second kappa shape index (κ2) is 16.5. The van der Waals surface area contributed by atoms with Crippen molar-refractivity contribution >= 4 is 98.6 Å². The number of benzene rings is 8. The molecule has 0 aliphatic carbocycles. The number of hydrogen-bond acceptors (Lipinski definition) is 1. The number of nitrogens with zero attached hydrogens (tertiary/aromatic N) is 7. The molecule has 0 saturated heterocycles. The van der Waals surface area contributed by atoms with Gasteiger partial charge >= 0.3 is 0 Å². The molecule has 0 N–H and O–H groups in total. The smallest absolute Gasteiger partial charge is 0.197 e. The SMILES string of the molecule is Cc1cccc2c3ccccc3n(C)c12.Cn1c2ccccc2c2ccc(C#N)cc21.[C-]#[N+]c1ccc2c(c1)c1ccccc1n2C.[C-]#[N+]c1cccc2c1c1ccccc1n2C. The van der Waals surface area contributed by atoms with E-state index in [1.807, 2.05) is 99.0 Å². The van der Waals surface area contributed by atoms with E-state index in [-0.39, 0.29) is 0 Å². The average molecular weight is 814 g/mol. The van der Waals surface area contributed by atoms with Crippen LogP contribution < -0.4 is 0 Å². The van der Waals surface area contributed by atoms with E-state index in [0.29, 0.717) is 11.3 Å². The van der Waals surface area contributed by atoms with Crippen LogP contribution in [0, 0.1) is 31.4 Å². The molecule has 7 nitrogen and oxygen atoms in total. The molecule has 302 valence electrons. The van der Waals surface area contributed by atoms with Gasteiger partial charge < -0.3 is 18.3 Å². The zero-order valence-electron chi connectivity index (χ0n) is 35.8. The molecule has 0 fully saturated rings. The molecule has 4 aromatic heterocycles. The Kier molecular flexibility index (Phi) is 10.4. The van der Waals surface area contributed by atoms with E-state index in [9.17, 15) is 0 Å². The maximum Gasteiger partial charge on any atom is 0.197 e. The van der Waals surface area contributed by atoms with Gasteiger partial charge in [-0.15, -0.1) is 0 Å². The molecular weight excluding hydrogens is 771 g/mol. The molecule has 4 heterocycles. The molecule has 0 saturated carbocycles. The molecule has 7 heteroatoms. The molecule has 0 aliphatic rings. The Morgan fingerprint density at radius 3 is 1.52 bits per heavy atom. The third-order valence-corrected chi connectivity index (χ3v) is 12.2. The van der Waals surface area contributed by atoms with Crippen molar-refractivity contribution in [1.29, 1.82) is 5.26 Å². The predicted molar refractivity (Wildman–Crippen MR) is 264 cm³/mol. The number of aryl methyl sites for hydroxylation is 5. The fourth-order valence-corrected chi connectivity index (χ4v) is 9.18. The molecule has 0 spiro atoms. The van der Waals surface area contributed by atoms with Crippen LogP contribution in [0.5, 0.6) is 0 Å². The maximum absolute atomic E-state index is 8.90. The first kappa shape index (κ1) is 39.9. The second-order valence-corrected chi connectivity index (χ2v) is 15.7. The van der Waals surface area contributed by atoms with Crippen LogP contribution in [-0.2, 0) is 28.2 Å². The van der Waals surface area contributed by atoms with Crippen molar-refractivity contribution in [3.05, 3.63) is 204 Å². The highest BCUT2D eigenvalue weighted by atomic mass is 15.0. The quantitative estimate of drug-likeness (QED) is 0.141. The molecule has 0 aliphatic heterocycles. The zero-order valence-corrected chi connectivity index (χ0v) is 35.8. The minimum atomic E-state index is 0.698. The Morgan fingerprint density at radius 2 is 0.889 bits per heavy atom. The zero-order chi connectivity index (χ0) is 43.8. The molecule has 0 bridgehead atoms. The summed E-state index contributed by atoms with van der Waals surface area (Å²) in [5, 5.41) is 18.6. The maximum atomic E-state index is 8.90. The Bertz CT molecular complexity index is 3840. The van der Waals surface area contributed by atoms with Crippen LogP contribution in [0.15, 0.2) is 170 Å². The molecule has 12 rings (SSSR count). The molecule has 0 radical (unpaired) electrons. The van der Waals surface area contributed by atoms with E-state index >= 15 is 0 Å². The summed E-state index contributed by atoms with van der Waals surface area (Å²) in [5.74, 6) is 0. The largest absolute Gasteiger partial charge is 0.345 e. The highest BCUT2D eigenvalue weighted by molar-refractivity contribution is 6.14. The lowest BCUT2D eigenvalue weighted by Crippen LogP contribution is -1.88. The summed E-state index contributed by atoms with van der Waals surface area (Å²) in [6, 6.07) is 59.6. The van der Waals surface area contributed by atoms with Gasteiger partial charge in [0.15, 0.2) is 11.4 Å². The molecule has 0 unspecified atom stereocenters.